The summed E-state index contributed by atoms with van der Waals surface area (Å²) in [6.45, 7) is 0. The Hall–Kier alpha value is -2.41. The van der Waals surface area contributed by atoms with Crippen molar-refractivity contribution < 1.29 is 4.79 Å². The molecule has 88 valence electrons. The third-order valence-electron chi connectivity index (χ3n) is 2.51. The molecule has 2 rings (SSSR count). The predicted molar refractivity (Wildman–Crippen MR) is 75.4 cm³/mol. The molecule has 0 atom stereocenters. The van der Waals surface area contributed by atoms with Crippen LogP contribution >= 0.6 is 0 Å². The summed E-state index contributed by atoms with van der Waals surface area (Å²) in [5.41, 5.74) is 1.83. The van der Waals surface area contributed by atoms with Crippen LogP contribution in [-0.2, 0) is 0 Å². The molecule has 0 aliphatic rings. The molecular formula is C17H14O. The minimum absolute atomic E-state index is 0.0216. The number of allylic oxidation sites excluding steroid dienone is 3. The van der Waals surface area contributed by atoms with Crippen LogP contribution < -0.4 is 0 Å². The quantitative estimate of drug-likeness (QED) is 0.441. The van der Waals surface area contributed by atoms with Gasteiger partial charge >= 0.3 is 0 Å². The Bertz CT molecular complexity index is 551. The second-order valence-corrected chi connectivity index (χ2v) is 3.86. The molecule has 0 fully saturated rings. The van der Waals surface area contributed by atoms with Crippen LogP contribution in [0.5, 0.6) is 0 Å². The third kappa shape index (κ3) is 3.56. The average molecular weight is 234 g/mol. The lowest BCUT2D eigenvalue weighted by Gasteiger charge is -1.92. The number of carbonyl (C=O) groups excluding carboxylic acids is 1. The minimum Gasteiger partial charge on any atom is -0.289 e. The van der Waals surface area contributed by atoms with E-state index in [0.29, 0.717) is 5.56 Å². The molecule has 2 aromatic carbocycles. The van der Waals surface area contributed by atoms with Gasteiger partial charge in [-0.1, -0.05) is 78.9 Å². The van der Waals surface area contributed by atoms with Gasteiger partial charge in [-0.05, 0) is 11.6 Å². The maximum Gasteiger partial charge on any atom is 0.185 e. The Morgan fingerprint density at radius 1 is 0.778 bits per heavy atom. The summed E-state index contributed by atoms with van der Waals surface area (Å²) in [6.07, 6.45) is 7.18. The van der Waals surface area contributed by atoms with E-state index < -0.39 is 0 Å². The van der Waals surface area contributed by atoms with Crippen molar-refractivity contribution in [2.24, 2.45) is 0 Å². The van der Waals surface area contributed by atoms with Crippen LogP contribution in [0.4, 0.5) is 0 Å². The summed E-state index contributed by atoms with van der Waals surface area (Å²) in [4.78, 5) is 11.7. The number of rotatable bonds is 4. The van der Waals surface area contributed by atoms with Crippen molar-refractivity contribution in [3.05, 3.63) is 90.0 Å². The van der Waals surface area contributed by atoms with Crippen LogP contribution in [-0.4, -0.2) is 5.78 Å². The second-order valence-electron chi connectivity index (χ2n) is 3.86. The van der Waals surface area contributed by atoms with Gasteiger partial charge in [0.05, 0.1) is 0 Å². The number of ketones is 1. The smallest absolute Gasteiger partial charge is 0.185 e. The lowest BCUT2D eigenvalue weighted by Crippen LogP contribution is -1.92. The fourth-order valence-electron chi connectivity index (χ4n) is 1.57. The third-order valence-corrected chi connectivity index (χ3v) is 2.51. The molecule has 0 unspecified atom stereocenters. The minimum atomic E-state index is 0.0216. The van der Waals surface area contributed by atoms with Crippen molar-refractivity contribution in [2.75, 3.05) is 0 Å². The molecule has 0 saturated carbocycles. The molecule has 1 nitrogen and oxygen atoms in total. The summed E-state index contributed by atoms with van der Waals surface area (Å²) < 4.78 is 0. The molecule has 0 heterocycles. The largest absolute Gasteiger partial charge is 0.289 e. The molecule has 0 bridgehead atoms. The van der Waals surface area contributed by atoms with E-state index in [0.717, 1.165) is 5.56 Å². The van der Waals surface area contributed by atoms with Crippen LogP contribution in [0.15, 0.2) is 78.9 Å². The zero-order valence-electron chi connectivity index (χ0n) is 9.99. The van der Waals surface area contributed by atoms with E-state index in [1.807, 2.05) is 72.8 Å². The fourth-order valence-corrected chi connectivity index (χ4v) is 1.57. The summed E-state index contributed by atoms with van der Waals surface area (Å²) >= 11 is 0. The molecule has 1 heteroatoms. The molecule has 2 aromatic rings. The molecule has 0 spiro atoms. The highest BCUT2D eigenvalue weighted by atomic mass is 16.1. The van der Waals surface area contributed by atoms with Gasteiger partial charge < -0.3 is 0 Å². The maximum absolute atomic E-state index is 11.7. The van der Waals surface area contributed by atoms with Crippen LogP contribution in [0.2, 0.25) is 0 Å². The van der Waals surface area contributed by atoms with E-state index in [2.05, 4.69) is 0 Å². The Kier molecular flexibility index (Phi) is 4.26. The van der Waals surface area contributed by atoms with Crippen molar-refractivity contribution in [1.29, 1.82) is 0 Å². The molecule has 0 aliphatic carbocycles. The average Bonchev–Trinajstić information content (AvgIpc) is 2.45. The van der Waals surface area contributed by atoms with Crippen molar-refractivity contribution in [3.8, 4) is 0 Å². The van der Waals surface area contributed by atoms with Gasteiger partial charge in [0.15, 0.2) is 5.78 Å². The summed E-state index contributed by atoms with van der Waals surface area (Å²) in [7, 11) is 0. The Morgan fingerprint density at radius 2 is 1.39 bits per heavy atom. The first kappa shape index (κ1) is 12.1. The van der Waals surface area contributed by atoms with Crippen molar-refractivity contribution in [2.45, 2.75) is 0 Å². The van der Waals surface area contributed by atoms with E-state index in [9.17, 15) is 4.79 Å². The maximum atomic E-state index is 11.7. The van der Waals surface area contributed by atoms with Gasteiger partial charge in [-0.25, -0.2) is 0 Å². The van der Waals surface area contributed by atoms with Gasteiger partial charge in [-0.3, -0.25) is 4.79 Å². The number of benzene rings is 2. The van der Waals surface area contributed by atoms with Gasteiger partial charge in [-0.15, -0.1) is 0 Å². The molecule has 0 radical (unpaired) electrons. The Balaban J connectivity index is 1.96. The molecule has 0 N–H and O–H groups in total. The highest BCUT2D eigenvalue weighted by Gasteiger charge is 1.97. The Morgan fingerprint density at radius 3 is 2.06 bits per heavy atom. The zero-order valence-corrected chi connectivity index (χ0v) is 9.99. The van der Waals surface area contributed by atoms with Crippen LogP contribution in [0.3, 0.4) is 0 Å². The van der Waals surface area contributed by atoms with Gasteiger partial charge in [0, 0.05) is 5.56 Å². The van der Waals surface area contributed by atoms with Gasteiger partial charge in [-0.2, -0.15) is 0 Å². The molecule has 0 aliphatic heterocycles. The van der Waals surface area contributed by atoms with Gasteiger partial charge in [0.2, 0.25) is 0 Å². The van der Waals surface area contributed by atoms with Crippen molar-refractivity contribution in [1.82, 2.24) is 0 Å². The van der Waals surface area contributed by atoms with Crippen LogP contribution in [0, 0.1) is 0 Å². The van der Waals surface area contributed by atoms with Gasteiger partial charge in [0.25, 0.3) is 0 Å². The lowest BCUT2D eigenvalue weighted by atomic mass is 10.1. The normalized spacial score (nSPS) is 11.1. The number of hydrogen-bond donors (Lipinski definition) is 0. The van der Waals surface area contributed by atoms with E-state index in [-0.39, 0.29) is 5.78 Å². The monoisotopic (exact) mass is 234 g/mol. The van der Waals surface area contributed by atoms with Crippen molar-refractivity contribution >= 4 is 11.9 Å². The predicted octanol–water partition coefficient (Wildman–Crippen LogP) is 4.14. The van der Waals surface area contributed by atoms with E-state index in [1.54, 1.807) is 12.2 Å². The highest BCUT2D eigenvalue weighted by molar-refractivity contribution is 6.04. The topological polar surface area (TPSA) is 17.1 Å². The molecule has 0 saturated heterocycles. The number of carbonyl (C=O) groups is 1. The molecule has 18 heavy (non-hydrogen) atoms. The van der Waals surface area contributed by atoms with Gasteiger partial charge in [0.1, 0.15) is 0 Å². The Labute approximate surface area is 107 Å². The zero-order chi connectivity index (χ0) is 12.6. The first-order valence-electron chi connectivity index (χ1n) is 5.85. The lowest BCUT2D eigenvalue weighted by molar-refractivity contribution is 0.104. The van der Waals surface area contributed by atoms with Crippen LogP contribution in [0.1, 0.15) is 15.9 Å². The van der Waals surface area contributed by atoms with Crippen LogP contribution in [0.25, 0.3) is 6.08 Å². The first-order chi connectivity index (χ1) is 8.86. The first-order valence-corrected chi connectivity index (χ1v) is 5.85. The second kappa shape index (κ2) is 6.36. The highest BCUT2D eigenvalue weighted by Crippen LogP contribution is 2.03. The summed E-state index contributed by atoms with van der Waals surface area (Å²) in [6, 6.07) is 19.2. The molecular weight excluding hydrogens is 220 g/mol. The summed E-state index contributed by atoms with van der Waals surface area (Å²) in [5, 5.41) is 0. The standard InChI is InChI=1S/C17H14O/c18-17(16-12-5-2-6-13-16)14-8-7-11-15-9-3-1-4-10-15/h1-14H/b11-7+,14-8-. The van der Waals surface area contributed by atoms with E-state index in [1.165, 1.54) is 0 Å². The summed E-state index contributed by atoms with van der Waals surface area (Å²) in [5.74, 6) is 0.0216. The van der Waals surface area contributed by atoms with Crippen molar-refractivity contribution in [3.63, 3.8) is 0 Å². The SMILES string of the molecule is O=C(/C=C\C=C\c1ccccc1)c1ccccc1. The van der Waals surface area contributed by atoms with E-state index >= 15 is 0 Å². The number of hydrogen-bond acceptors (Lipinski definition) is 1. The molecule has 0 aromatic heterocycles. The molecule has 0 amide bonds. The fraction of sp³-hybridized carbons (Fsp3) is 0. The van der Waals surface area contributed by atoms with E-state index in [4.69, 9.17) is 0 Å².